The van der Waals surface area contributed by atoms with Crippen molar-refractivity contribution in [1.82, 2.24) is 0 Å². The molecule has 1 heteroatoms. The molecule has 1 N–H and O–H groups in total. The maximum absolute atomic E-state index is 9.84. The van der Waals surface area contributed by atoms with E-state index in [1.807, 2.05) is 12.1 Å². The van der Waals surface area contributed by atoms with Crippen LogP contribution in [0, 0.1) is 0 Å². The van der Waals surface area contributed by atoms with Crippen LogP contribution >= 0.6 is 0 Å². The molecule has 2 aliphatic carbocycles. The minimum atomic E-state index is 0.481. The van der Waals surface area contributed by atoms with Gasteiger partial charge in [0.15, 0.2) is 0 Å². The van der Waals surface area contributed by atoms with Crippen LogP contribution in [0.1, 0.15) is 36.8 Å². The first-order valence-corrected chi connectivity index (χ1v) is 5.38. The highest BCUT2D eigenvalue weighted by molar-refractivity contribution is 5.80. The molecule has 14 heavy (non-hydrogen) atoms. The van der Waals surface area contributed by atoms with Crippen molar-refractivity contribution in [1.29, 1.82) is 0 Å². The number of hydrogen-bond acceptors (Lipinski definition) is 1. The Balaban J connectivity index is 2.17. The van der Waals surface area contributed by atoms with Gasteiger partial charge in [0.2, 0.25) is 0 Å². The molecule has 1 nitrogen and oxygen atoms in total. The van der Waals surface area contributed by atoms with Crippen LogP contribution in [0.5, 0.6) is 5.75 Å². The van der Waals surface area contributed by atoms with Crippen LogP contribution in [-0.4, -0.2) is 5.11 Å². The number of rotatable bonds is 0. The average Bonchev–Trinajstić information content (AvgIpc) is 2.57. The van der Waals surface area contributed by atoms with Crippen molar-refractivity contribution in [3.05, 3.63) is 34.9 Å². The van der Waals surface area contributed by atoms with Gasteiger partial charge in [0, 0.05) is 5.56 Å². The number of phenols is 1. The molecule has 1 aromatic carbocycles. The molecule has 0 saturated carbocycles. The normalized spacial score (nSPS) is 19.4. The van der Waals surface area contributed by atoms with E-state index in [0.29, 0.717) is 5.75 Å². The van der Waals surface area contributed by atoms with Crippen LogP contribution in [-0.2, 0) is 6.42 Å². The zero-order chi connectivity index (χ0) is 9.54. The van der Waals surface area contributed by atoms with Gasteiger partial charge < -0.3 is 5.11 Å². The Hall–Kier alpha value is -1.24. The average molecular weight is 186 g/mol. The van der Waals surface area contributed by atoms with Crippen molar-refractivity contribution in [2.45, 2.75) is 32.1 Å². The number of benzene rings is 1. The predicted molar refractivity (Wildman–Crippen MR) is 57.2 cm³/mol. The van der Waals surface area contributed by atoms with E-state index in [1.54, 1.807) is 5.57 Å². The number of phenolic OH excluding ortho intramolecular Hbond substituents is 1. The van der Waals surface area contributed by atoms with Gasteiger partial charge >= 0.3 is 0 Å². The molecule has 0 aliphatic heterocycles. The Labute approximate surface area is 84.1 Å². The summed E-state index contributed by atoms with van der Waals surface area (Å²) in [4.78, 5) is 0. The number of fused-ring (bicyclic) bond motifs is 2. The number of allylic oxidation sites excluding steroid dienone is 2. The Bertz CT molecular complexity index is 415. The van der Waals surface area contributed by atoms with Gasteiger partial charge in [-0.15, -0.1) is 0 Å². The molecule has 0 bridgehead atoms. The minimum Gasteiger partial charge on any atom is -0.507 e. The van der Waals surface area contributed by atoms with Gasteiger partial charge in [-0.25, -0.2) is 0 Å². The van der Waals surface area contributed by atoms with Crippen LogP contribution in [0.3, 0.4) is 0 Å². The third kappa shape index (κ3) is 1.02. The summed E-state index contributed by atoms with van der Waals surface area (Å²) >= 11 is 0. The molecule has 0 aromatic heterocycles. The second-order valence-corrected chi connectivity index (χ2v) is 4.28. The van der Waals surface area contributed by atoms with E-state index in [0.717, 1.165) is 12.0 Å². The van der Waals surface area contributed by atoms with Crippen molar-refractivity contribution in [3.63, 3.8) is 0 Å². The second-order valence-electron chi connectivity index (χ2n) is 4.28. The lowest BCUT2D eigenvalue weighted by molar-refractivity contribution is 0.473. The summed E-state index contributed by atoms with van der Waals surface area (Å²) in [6.07, 6.45) is 6.10. The summed E-state index contributed by atoms with van der Waals surface area (Å²) in [6.45, 7) is 0. The molecule has 2 aliphatic rings. The highest BCUT2D eigenvalue weighted by Crippen LogP contribution is 2.44. The molecule has 0 unspecified atom stereocenters. The van der Waals surface area contributed by atoms with Crippen LogP contribution in [0.2, 0.25) is 0 Å². The van der Waals surface area contributed by atoms with Gasteiger partial charge in [0.05, 0.1) is 0 Å². The Morgan fingerprint density at radius 2 is 1.93 bits per heavy atom. The third-order valence-electron chi connectivity index (χ3n) is 3.42. The van der Waals surface area contributed by atoms with Crippen molar-refractivity contribution in [2.24, 2.45) is 0 Å². The summed E-state index contributed by atoms with van der Waals surface area (Å²) in [6, 6.07) is 5.91. The number of aromatic hydroxyl groups is 1. The molecule has 0 fully saturated rings. The first-order valence-electron chi connectivity index (χ1n) is 5.38. The molecule has 0 heterocycles. The molecule has 72 valence electrons. The lowest BCUT2D eigenvalue weighted by Gasteiger charge is -2.14. The van der Waals surface area contributed by atoms with Crippen molar-refractivity contribution in [3.8, 4) is 5.75 Å². The van der Waals surface area contributed by atoms with Gasteiger partial charge in [-0.05, 0) is 49.3 Å². The Morgan fingerprint density at radius 3 is 2.86 bits per heavy atom. The lowest BCUT2D eigenvalue weighted by Crippen LogP contribution is -1.94. The van der Waals surface area contributed by atoms with E-state index in [4.69, 9.17) is 0 Å². The summed E-state index contributed by atoms with van der Waals surface area (Å²) in [5.74, 6) is 0.481. The summed E-state index contributed by atoms with van der Waals surface area (Å²) in [7, 11) is 0. The second kappa shape index (κ2) is 2.88. The predicted octanol–water partition coefficient (Wildman–Crippen LogP) is 3.28. The smallest absolute Gasteiger partial charge is 0.123 e. The molecule has 1 aromatic rings. The zero-order valence-electron chi connectivity index (χ0n) is 8.21. The molecular weight excluding hydrogens is 172 g/mol. The lowest BCUT2D eigenvalue weighted by atomic mass is 9.92. The van der Waals surface area contributed by atoms with E-state index in [2.05, 4.69) is 6.07 Å². The Morgan fingerprint density at radius 1 is 1.07 bits per heavy atom. The van der Waals surface area contributed by atoms with Crippen molar-refractivity contribution in [2.75, 3.05) is 0 Å². The van der Waals surface area contributed by atoms with E-state index in [-0.39, 0.29) is 0 Å². The fourth-order valence-corrected chi connectivity index (χ4v) is 2.78. The molecular formula is C13H14O. The molecule has 0 amide bonds. The van der Waals surface area contributed by atoms with Gasteiger partial charge in [-0.3, -0.25) is 0 Å². The topological polar surface area (TPSA) is 20.2 Å². The molecule has 0 atom stereocenters. The van der Waals surface area contributed by atoms with Crippen molar-refractivity contribution >= 4 is 5.57 Å². The summed E-state index contributed by atoms with van der Waals surface area (Å²) in [5, 5.41) is 9.84. The first-order chi connectivity index (χ1) is 6.86. The quantitative estimate of drug-likeness (QED) is 0.659. The third-order valence-corrected chi connectivity index (χ3v) is 3.42. The van der Waals surface area contributed by atoms with E-state index < -0.39 is 0 Å². The van der Waals surface area contributed by atoms with Crippen LogP contribution in [0.25, 0.3) is 5.57 Å². The van der Waals surface area contributed by atoms with E-state index >= 15 is 0 Å². The van der Waals surface area contributed by atoms with Crippen molar-refractivity contribution < 1.29 is 5.11 Å². The van der Waals surface area contributed by atoms with Gasteiger partial charge in [-0.1, -0.05) is 17.7 Å². The van der Waals surface area contributed by atoms with Gasteiger partial charge in [0.25, 0.3) is 0 Å². The molecule has 0 spiro atoms. The highest BCUT2D eigenvalue weighted by Gasteiger charge is 2.25. The number of hydrogen-bond donors (Lipinski definition) is 1. The summed E-state index contributed by atoms with van der Waals surface area (Å²) in [5.41, 5.74) is 5.51. The molecule has 3 rings (SSSR count). The Kier molecular flexibility index (Phi) is 1.66. The van der Waals surface area contributed by atoms with E-state index in [1.165, 1.54) is 36.8 Å². The largest absolute Gasteiger partial charge is 0.507 e. The van der Waals surface area contributed by atoms with E-state index in [9.17, 15) is 5.11 Å². The van der Waals surface area contributed by atoms with Gasteiger partial charge in [0.1, 0.15) is 5.75 Å². The minimum absolute atomic E-state index is 0.481. The zero-order valence-corrected chi connectivity index (χ0v) is 8.21. The summed E-state index contributed by atoms with van der Waals surface area (Å²) < 4.78 is 0. The SMILES string of the molecule is Oc1cccc2c1C1=C(CCCC1)C2. The maximum atomic E-state index is 9.84. The standard InChI is InChI=1S/C13H14O/c14-12-7-3-5-10-8-9-4-1-2-6-11(9)13(10)12/h3,5,7,14H,1-2,4,6,8H2. The monoisotopic (exact) mass is 186 g/mol. The van der Waals surface area contributed by atoms with Crippen LogP contribution in [0.4, 0.5) is 0 Å². The molecule has 0 saturated heterocycles. The molecule has 0 radical (unpaired) electrons. The fraction of sp³-hybridized carbons (Fsp3) is 0.385. The highest BCUT2D eigenvalue weighted by atomic mass is 16.3. The van der Waals surface area contributed by atoms with Crippen LogP contribution < -0.4 is 0 Å². The van der Waals surface area contributed by atoms with Gasteiger partial charge in [-0.2, -0.15) is 0 Å². The maximum Gasteiger partial charge on any atom is 0.123 e. The first kappa shape index (κ1) is 8.10. The fourth-order valence-electron chi connectivity index (χ4n) is 2.78. The van der Waals surface area contributed by atoms with Crippen LogP contribution in [0.15, 0.2) is 23.8 Å².